The topological polar surface area (TPSA) is 0 Å². The van der Waals surface area contributed by atoms with Gasteiger partial charge in [0, 0.05) is 11.2 Å². The summed E-state index contributed by atoms with van der Waals surface area (Å²) in [5, 5.41) is 0.613. The molecular formula is C18H15BrF6. The lowest BCUT2D eigenvalue weighted by Crippen LogP contribution is -2.10. The Labute approximate surface area is 150 Å². The van der Waals surface area contributed by atoms with E-state index in [1.807, 2.05) is 0 Å². The Morgan fingerprint density at radius 3 is 1.56 bits per heavy atom. The minimum Gasteiger partial charge on any atom is -0.166 e. The number of halogens is 7. The van der Waals surface area contributed by atoms with E-state index in [1.54, 1.807) is 0 Å². The number of hydrogen-bond donors (Lipinski definition) is 0. The highest BCUT2D eigenvalue weighted by Gasteiger charge is 2.32. The third-order valence-corrected chi connectivity index (χ3v) is 4.42. The lowest BCUT2D eigenvalue weighted by Gasteiger charge is -2.20. The molecule has 0 amide bonds. The summed E-state index contributed by atoms with van der Waals surface area (Å²) in [7, 11) is 0. The predicted octanol–water partition coefficient (Wildman–Crippen LogP) is 7.03. The quantitative estimate of drug-likeness (QED) is 0.356. The van der Waals surface area contributed by atoms with Crippen LogP contribution in [0.25, 0.3) is 0 Å². The van der Waals surface area contributed by atoms with E-state index in [-0.39, 0.29) is 0 Å². The van der Waals surface area contributed by atoms with Crippen LogP contribution in [0, 0.1) is 0 Å². The summed E-state index contributed by atoms with van der Waals surface area (Å²) >= 11 is 3.26. The smallest absolute Gasteiger partial charge is 0.166 e. The summed E-state index contributed by atoms with van der Waals surface area (Å²) in [5.41, 5.74) is -0.896. The van der Waals surface area contributed by atoms with Crippen LogP contribution in [0.3, 0.4) is 0 Å². The molecule has 2 aromatic carbocycles. The molecule has 25 heavy (non-hydrogen) atoms. The molecule has 0 nitrogen and oxygen atoms in total. The first-order valence-corrected chi connectivity index (χ1v) is 8.65. The van der Waals surface area contributed by atoms with E-state index in [0.717, 1.165) is 24.3 Å². The highest BCUT2D eigenvalue weighted by Crippen LogP contribution is 2.37. The normalized spacial score (nSPS) is 12.6. The fourth-order valence-corrected chi connectivity index (χ4v) is 2.99. The minimum absolute atomic E-state index is 0.357. The van der Waals surface area contributed by atoms with Crippen LogP contribution in [0.5, 0.6) is 0 Å². The summed E-state index contributed by atoms with van der Waals surface area (Å²) in [6.45, 7) is 0. The van der Waals surface area contributed by atoms with Gasteiger partial charge in [-0.25, -0.2) is 0 Å². The standard InChI is InChI=1S/C18H15BrF6/c19-9-3-8-16(12-4-1-6-14(10-12)17(20,21)22)13-5-2-7-15(11-13)18(23,24)25/h1-2,4-7,10-11,16H,3,8-9H2. The van der Waals surface area contributed by atoms with Crippen molar-refractivity contribution in [3.05, 3.63) is 70.8 Å². The minimum atomic E-state index is -4.50. The molecule has 136 valence electrons. The van der Waals surface area contributed by atoms with E-state index in [1.165, 1.54) is 24.3 Å². The zero-order valence-electron chi connectivity index (χ0n) is 13.0. The first-order chi connectivity index (χ1) is 11.6. The molecule has 2 aromatic rings. The van der Waals surface area contributed by atoms with Crippen molar-refractivity contribution in [1.82, 2.24) is 0 Å². The number of rotatable bonds is 5. The molecule has 0 saturated heterocycles. The second kappa shape index (κ2) is 7.81. The van der Waals surface area contributed by atoms with Gasteiger partial charge in [0.05, 0.1) is 11.1 Å². The number of hydrogen-bond acceptors (Lipinski definition) is 0. The Hall–Kier alpha value is -1.50. The SMILES string of the molecule is FC(F)(F)c1cccc(C(CCCBr)c2cccc(C(F)(F)F)c2)c1. The molecule has 0 aromatic heterocycles. The van der Waals surface area contributed by atoms with Gasteiger partial charge < -0.3 is 0 Å². The number of alkyl halides is 7. The predicted molar refractivity (Wildman–Crippen MR) is 87.8 cm³/mol. The molecule has 0 aliphatic heterocycles. The zero-order chi connectivity index (χ0) is 18.7. The second-order valence-electron chi connectivity index (χ2n) is 5.63. The molecule has 0 atom stereocenters. The molecule has 0 saturated carbocycles. The van der Waals surface area contributed by atoms with Crippen LogP contribution in [0.1, 0.15) is 41.0 Å². The summed E-state index contributed by atoms with van der Waals surface area (Å²) in [4.78, 5) is 0. The van der Waals surface area contributed by atoms with Crippen molar-refractivity contribution in [3.63, 3.8) is 0 Å². The lowest BCUT2D eigenvalue weighted by atomic mass is 9.86. The van der Waals surface area contributed by atoms with Gasteiger partial charge in [-0.05, 0) is 36.1 Å². The van der Waals surface area contributed by atoms with Gasteiger partial charge in [0.2, 0.25) is 0 Å². The van der Waals surface area contributed by atoms with Crippen molar-refractivity contribution >= 4 is 15.9 Å². The van der Waals surface area contributed by atoms with Crippen LogP contribution in [-0.4, -0.2) is 5.33 Å². The van der Waals surface area contributed by atoms with Gasteiger partial charge in [-0.1, -0.05) is 52.3 Å². The third-order valence-electron chi connectivity index (χ3n) is 3.86. The molecule has 0 radical (unpaired) electrons. The first-order valence-electron chi connectivity index (χ1n) is 7.53. The van der Waals surface area contributed by atoms with Crippen molar-refractivity contribution in [2.24, 2.45) is 0 Å². The highest BCUT2D eigenvalue weighted by molar-refractivity contribution is 9.09. The molecule has 0 N–H and O–H groups in total. The Balaban J connectivity index is 2.47. The van der Waals surface area contributed by atoms with E-state index in [9.17, 15) is 26.3 Å². The molecule has 0 fully saturated rings. The fraction of sp³-hybridized carbons (Fsp3) is 0.333. The molecule has 0 aliphatic rings. The summed E-state index contributed by atoms with van der Waals surface area (Å²) in [6, 6.07) is 9.55. The largest absolute Gasteiger partial charge is 0.416 e. The van der Waals surface area contributed by atoms with Gasteiger partial charge in [-0.15, -0.1) is 0 Å². The Bertz CT molecular complexity index is 648. The van der Waals surface area contributed by atoms with E-state index in [2.05, 4.69) is 15.9 Å². The second-order valence-corrected chi connectivity index (χ2v) is 6.42. The van der Waals surface area contributed by atoms with Gasteiger partial charge in [-0.3, -0.25) is 0 Å². The first kappa shape index (κ1) is 19.8. The molecule has 0 spiro atoms. The number of benzene rings is 2. The van der Waals surface area contributed by atoms with Crippen LogP contribution in [-0.2, 0) is 12.4 Å². The van der Waals surface area contributed by atoms with Crippen molar-refractivity contribution in [2.45, 2.75) is 31.1 Å². The Morgan fingerprint density at radius 1 is 0.760 bits per heavy atom. The van der Waals surface area contributed by atoms with E-state index >= 15 is 0 Å². The maximum absolute atomic E-state index is 12.9. The molecule has 7 heteroatoms. The van der Waals surface area contributed by atoms with Gasteiger partial charge >= 0.3 is 12.4 Å². The molecule has 0 aliphatic carbocycles. The van der Waals surface area contributed by atoms with Crippen molar-refractivity contribution in [1.29, 1.82) is 0 Å². The van der Waals surface area contributed by atoms with Crippen LogP contribution in [0.2, 0.25) is 0 Å². The molecule has 0 bridgehead atoms. The maximum Gasteiger partial charge on any atom is 0.416 e. The van der Waals surface area contributed by atoms with Crippen LogP contribution in [0.4, 0.5) is 26.3 Å². The van der Waals surface area contributed by atoms with Gasteiger partial charge in [0.25, 0.3) is 0 Å². The van der Waals surface area contributed by atoms with Crippen LogP contribution < -0.4 is 0 Å². The third kappa shape index (κ3) is 5.23. The van der Waals surface area contributed by atoms with Gasteiger partial charge in [-0.2, -0.15) is 26.3 Å². The van der Waals surface area contributed by atoms with Crippen molar-refractivity contribution in [2.75, 3.05) is 5.33 Å². The zero-order valence-corrected chi connectivity index (χ0v) is 14.5. The molecule has 0 heterocycles. The van der Waals surface area contributed by atoms with Crippen LogP contribution >= 0.6 is 15.9 Å². The Morgan fingerprint density at radius 2 is 1.20 bits per heavy atom. The monoisotopic (exact) mass is 424 g/mol. The van der Waals surface area contributed by atoms with Crippen molar-refractivity contribution < 1.29 is 26.3 Å². The molecule has 0 unspecified atom stereocenters. The lowest BCUT2D eigenvalue weighted by molar-refractivity contribution is -0.138. The summed E-state index contributed by atoms with van der Waals surface area (Å²) in [6.07, 6.45) is -7.93. The van der Waals surface area contributed by atoms with E-state index < -0.39 is 29.4 Å². The average molecular weight is 425 g/mol. The highest BCUT2D eigenvalue weighted by atomic mass is 79.9. The molecule has 2 rings (SSSR count). The summed E-state index contributed by atoms with van der Waals surface area (Å²) in [5.74, 6) is -0.540. The summed E-state index contributed by atoms with van der Waals surface area (Å²) < 4.78 is 77.7. The maximum atomic E-state index is 12.9. The van der Waals surface area contributed by atoms with E-state index in [0.29, 0.717) is 29.3 Å². The van der Waals surface area contributed by atoms with Crippen molar-refractivity contribution in [3.8, 4) is 0 Å². The van der Waals surface area contributed by atoms with Crippen LogP contribution in [0.15, 0.2) is 48.5 Å². The fourth-order valence-electron chi connectivity index (χ4n) is 2.67. The van der Waals surface area contributed by atoms with E-state index in [4.69, 9.17) is 0 Å². The van der Waals surface area contributed by atoms with Gasteiger partial charge in [0.1, 0.15) is 0 Å². The Kier molecular flexibility index (Phi) is 6.19. The van der Waals surface area contributed by atoms with Gasteiger partial charge in [0.15, 0.2) is 0 Å². The molecular weight excluding hydrogens is 410 g/mol. The average Bonchev–Trinajstić information content (AvgIpc) is 2.54.